The lowest BCUT2D eigenvalue weighted by Gasteiger charge is -2.26. The Kier molecular flexibility index (Phi) is 4.58. The van der Waals surface area contributed by atoms with E-state index in [0.717, 1.165) is 38.3 Å². The third-order valence-corrected chi connectivity index (χ3v) is 5.32. The lowest BCUT2D eigenvalue weighted by Crippen LogP contribution is -2.34. The first-order chi connectivity index (χ1) is 11.8. The monoisotopic (exact) mass is 326 g/mol. The number of aromatic nitrogens is 1. The Labute approximate surface area is 143 Å². The predicted octanol–water partition coefficient (Wildman–Crippen LogP) is 3.53. The van der Waals surface area contributed by atoms with Gasteiger partial charge in [0.1, 0.15) is 5.75 Å². The van der Waals surface area contributed by atoms with Crippen LogP contribution in [-0.2, 0) is 11.2 Å². The van der Waals surface area contributed by atoms with Gasteiger partial charge in [-0.15, -0.1) is 0 Å². The van der Waals surface area contributed by atoms with Crippen LogP contribution in [0, 0.1) is 0 Å². The number of benzene rings is 1. The highest BCUT2D eigenvalue weighted by Crippen LogP contribution is 2.28. The molecule has 128 valence electrons. The minimum absolute atomic E-state index is 0.623. The molecule has 2 aliphatic heterocycles. The second-order valence-electron chi connectivity index (χ2n) is 6.90. The number of fused-ring (bicyclic) bond motifs is 1. The molecule has 1 aromatic carbocycles. The molecule has 1 fully saturated rings. The van der Waals surface area contributed by atoms with E-state index in [-0.39, 0.29) is 0 Å². The van der Waals surface area contributed by atoms with Crippen molar-refractivity contribution in [1.29, 1.82) is 0 Å². The Morgan fingerprint density at radius 1 is 1.38 bits per heavy atom. The number of aromatic amines is 1. The summed E-state index contributed by atoms with van der Waals surface area (Å²) < 4.78 is 11.0. The van der Waals surface area contributed by atoms with Gasteiger partial charge in [0.2, 0.25) is 0 Å². The summed E-state index contributed by atoms with van der Waals surface area (Å²) in [7, 11) is 1.73. The molecule has 0 radical (unpaired) electrons. The maximum absolute atomic E-state index is 5.60. The molecule has 4 nitrogen and oxygen atoms in total. The van der Waals surface area contributed by atoms with E-state index in [1.165, 1.54) is 41.4 Å². The van der Waals surface area contributed by atoms with Crippen LogP contribution in [0.15, 0.2) is 36.0 Å². The number of likely N-dealkylation sites (tertiary alicyclic amines) is 1. The predicted molar refractivity (Wildman–Crippen MR) is 96.7 cm³/mol. The van der Waals surface area contributed by atoms with Gasteiger partial charge in [0.15, 0.2) is 0 Å². The largest absolute Gasteiger partial charge is 0.497 e. The maximum Gasteiger partial charge on any atom is 0.119 e. The summed E-state index contributed by atoms with van der Waals surface area (Å²) in [6.45, 7) is 3.96. The van der Waals surface area contributed by atoms with Gasteiger partial charge in [-0.05, 0) is 61.6 Å². The van der Waals surface area contributed by atoms with E-state index in [4.69, 9.17) is 9.47 Å². The van der Waals surface area contributed by atoms with Crippen LogP contribution in [0.2, 0.25) is 0 Å². The number of hydrogen-bond donors (Lipinski definition) is 1. The molecular formula is C20H26N2O2. The molecule has 2 aliphatic rings. The number of hydrogen-bond acceptors (Lipinski definition) is 3. The van der Waals surface area contributed by atoms with Crippen LogP contribution < -0.4 is 4.74 Å². The Morgan fingerprint density at radius 2 is 2.33 bits per heavy atom. The Hall–Kier alpha value is -1.78. The Bertz CT molecular complexity index is 734. The summed E-state index contributed by atoms with van der Waals surface area (Å²) in [4.78, 5) is 6.04. The third kappa shape index (κ3) is 3.21. The lowest BCUT2D eigenvalue weighted by atomic mass is 10.0. The molecule has 4 heteroatoms. The minimum atomic E-state index is 0.623. The standard InChI is InChI=1S/C20H26N2O2/c1-23-18-6-7-20-19(11-18)16(12-21-20)10-17-5-2-8-22(17)13-15-4-3-9-24-14-15/h4,6-7,11-12,17,21H,2-3,5,8-10,13-14H2,1H3/t17-/m1/s1. The highest BCUT2D eigenvalue weighted by atomic mass is 16.5. The highest BCUT2D eigenvalue weighted by molar-refractivity contribution is 5.84. The van der Waals surface area contributed by atoms with E-state index in [1.54, 1.807) is 7.11 Å². The molecule has 0 spiro atoms. The van der Waals surface area contributed by atoms with Crippen molar-refractivity contribution in [3.63, 3.8) is 0 Å². The molecule has 4 rings (SSSR count). The number of nitrogens with zero attached hydrogens (tertiary/aromatic N) is 1. The first kappa shape index (κ1) is 15.7. The highest BCUT2D eigenvalue weighted by Gasteiger charge is 2.26. The number of rotatable bonds is 5. The fourth-order valence-electron chi connectivity index (χ4n) is 4.02. The summed E-state index contributed by atoms with van der Waals surface area (Å²) in [5.74, 6) is 0.927. The molecule has 1 atom stereocenters. The quantitative estimate of drug-likeness (QED) is 0.854. The van der Waals surface area contributed by atoms with E-state index >= 15 is 0 Å². The van der Waals surface area contributed by atoms with E-state index in [2.05, 4.69) is 34.3 Å². The third-order valence-electron chi connectivity index (χ3n) is 5.32. The van der Waals surface area contributed by atoms with E-state index in [9.17, 15) is 0 Å². The summed E-state index contributed by atoms with van der Waals surface area (Å²) in [6, 6.07) is 6.89. The van der Waals surface area contributed by atoms with Gasteiger partial charge in [0.05, 0.1) is 20.3 Å². The number of H-pyrrole nitrogens is 1. The molecule has 0 saturated carbocycles. The first-order valence-electron chi connectivity index (χ1n) is 8.97. The Balaban J connectivity index is 1.50. The summed E-state index contributed by atoms with van der Waals surface area (Å²) in [6.07, 6.45) is 9.28. The van der Waals surface area contributed by atoms with Gasteiger partial charge in [-0.25, -0.2) is 0 Å². The van der Waals surface area contributed by atoms with Crippen LogP contribution in [0.25, 0.3) is 10.9 Å². The summed E-state index contributed by atoms with van der Waals surface area (Å²) >= 11 is 0. The van der Waals surface area contributed by atoms with Crippen LogP contribution in [0.1, 0.15) is 24.8 Å². The fraction of sp³-hybridized carbons (Fsp3) is 0.500. The van der Waals surface area contributed by atoms with Crippen molar-refractivity contribution >= 4 is 10.9 Å². The number of nitrogens with one attached hydrogen (secondary N) is 1. The second kappa shape index (κ2) is 6.99. The van der Waals surface area contributed by atoms with Gasteiger partial charge < -0.3 is 14.5 Å². The van der Waals surface area contributed by atoms with Crippen molar-refractivity contribution < 1.29 is 9.47 Å². The van der Waals surface area contributed by atoms with Gasteiger partial charge >= 0.3 is 0 Å². The zero-order chi connectivity index (χ0) is 16.4. The minimum Gasteiger partial charge on any atom is -0.497 e. The van der Waals surface area contributed by atoms with Crippen molar-refractivity contribution in [3.8, 4) is 5.75 Å². The van der Waals surface area contributed by atoms with Crippen LogP contribution in [0.3, 0.4) is 0 Å². The van der Waals surface area contributed by atoms with E-state index in [1.807, 2.05) is 6.07 Å². The topological polar surface area (TPSA) is 37.5 Å². The molecule has 2 aromatic rings. The van der Waals surface area contributed by atoms with E-state index in [0.29, 0.717) is 6.04 Å². The Morgan fingerprint density at radius 3 is 3.17 bits per heavy atom. The van der Waals surface area contributed by atoms with Crippen LogP contribution in [0.5, 0.6) is 5.75 Å². The summed E-state index contributed by atoms with van der Waals surface area (Å²) in [5.41, 5.74) is 4.04. The lowest BCUT2D eigenvalue weighted by molar-refractivity contribution is 0.140. The fourth-order valence-corrected chi connectivity index (χ4v) is 4.02. The van der Waals surface area contributed by atoms with Gasteiger partial charge in [-0.1, -0.05) is 6.08 Å². The molecule has 1 aromatic heterocycles. The van der Waals surface area contributed by atoms with Crippen molar-refractivity contribution in [2.75, 3.05) is 33.4 Å². The SMILES string of the molecule is COc1ccc2[nH]cc(C[C@H]3CCCN3CC3=CCCOC3)c2c1. The number of methoxy groups -OCH3 is 1. The molecule has 3 heterocycles. The molecule has 24 heavy (non-hydrogen) atoms. The van der Waals surface area contributed by atoms with Gasteiger partial charge in [0.25, 0.3) is 0 Å². The smallest absolute Gasteiger partial charge is 0.119 e. The zero-order valence-electron chi connectivity index (χ0n) is 14.4. The molecule has 0 aliphatic carbocycles. The van der Waals surface area contributed by atoms with Crippen LogP contribution in [-0.4, -0.2) is 49.3 Å². The molecule has 0 amide bonds. The van der Waals surface area contributed by atoms with Crippen LogP contribution >= 0.6 is 0 Å². The second-order valence-corrected chi connectivity index (χ2v) is 6.90. The van der Waals surface area contributed by atoms with Gasteiger partial charge in [-0.3, -0.25) is 4.90 Å². The molecule has 0 bridgehead atoms. The molecular weight excluding hydrogens is 300 g/mol. The van der Waals surface area contributed by atoms with Crippen molar-refractivity contribution in [1.82, 2.24) is 9.88 Å². The zero-order valence-corrected chi connectivity index (χ0v) is 14.4. The van der Waals surface area contributed by atoms with Crippen molar-refractivity contribution in [2.45, 2.75) is 31.7 Å². The maximum atomic E-state index is 5.60. The van der Waals surface area contributed by atoms with E-state index < -0.39 is 0 Å². The van der Waals surface area contributed by atoms with Crippen molar-refractivity contribution in [3.05, 3.63) is 41.6 Å². The first-order valence-corrected chi connectivity index (χ1v) is 8.97. The molecule has 1 N–H and O–H groups in total. The average molecular weight is 326 g/mol. The summed E-state index contributed by atoms with van der Waals surface area (Å²) in [5, 5.41) is 1.29. The molecule has 1 saturated heterocycles. The molecule has 0 unspecified atom stereocenters. The number of ether oxygens (including phenoxy) is 2. The van der Waals surface area contributed by atoms with Gasteiger partial charge in [0, 0.05) is 29.7 Å². The average Bonchev–Trinajstić information content (AvgIpc) is 3.23. The normalized spacial score (nSPS) is 22.0. The van der Waals surface area contributed by atoms with Gasteiger partial charge in [-0.2, -0.15) is 0 Å². The van der Waals surface area contributed by atoms with Crippen molar-refractivity contribution in [2.24, 2.45) is 0 Å². The van der Waals surface area contributed by atoms with Crippen LogP contribution in [0.4, 0.5) is 0 Å².